The third-order valence-electron chi connectivity index (χ3n) is 3.80. The van der Waals surface area contributed by atoms with Crippen molar-refractivity contribution in [2.75, 3.05) is 13.1 Å². The Morgan fingerprint density at radius 1 is 1.37 bits per heavy atom. The van der Waals surface area contributed by atoms with Crippen LogP contribution in [0.4, 0.5) is 0 Å². The van der Waals surface area contributed by atoms with E-state index in [4.69, 9.17) is 0 Å². The molecule has 0 radical (unpaired) electrons. The molecule has 0 aromatic carbocycles. The Balaban J connectivity index is 1.90. The van der Waals surface area contributed by atoms with Gasteiger partial charge in [0.05, 0.1) is 12.6 Å². The largest absolute Gasteiger partial charge is 0.352 e. The van der Waals surface area contributed by atoms with Crippen molar-refractivity contribution < 1.29 is 14.4 Å². The Kier molecular flexibility index (Phi) is 4.52. The minimum atomic E-state index is -0.350. The fraction of sp³-hybridized carbons (Fsp3) is 0.769. The minimum absolute atomic E-state index is 0.126. The number of nitrogens with one attached hydrogen (secondary N) is 2. The molecule has 2 rings (SSSR count). The lowest BCUT2D eigenvalue weighted by Gasteiger charge is -2.30. The maximum Gasteiger partial charge on any atom is 0.246 e. The van der Waals surface area contributed by atoms with Crippen LogP contribution in [0.1, 0.15) is 39.0 Å². The summed E-state index contributed by atoms with van der Waals surface area (Å²) in [4.78, 5) is 36.7. The molecule has 2 fully saturated rings. The molecule has 0 aromatic rings. The summed E-state index contributed by atoms with van der Waals surface area (Å²) in [6.45, 7) is 1.86. The monoisotopic (exact) mass is 267 g/mol. The fourth-order valence-corrected chi connectivity index (χ4v) is 2.68. The summed E-state index contributed by atoms with van der Waals surface area (Å²) in [5.41, 5.74) is 0. The number of piperazine rings is 1. The average Bonchev–Trinajstić information content (AvgIpc) is 2.87. The van der Waals surface area contributed by atoms with Gasteiger partial charge in [-0.25, -0.2) is 0 Å². The van der Waals surface area contributed by atoms with Crippen LogP contribution in [0.15, 0.2) is 0 Å². The lowest BCUT2D eigenvalue weighted by molar-refractivity contribution is -0.152. The number of hydrogen-bond acceptors (Lipinski definition) is 4. The van der Waals surface area contributed by atoms with E-state index in [1.807, 2.05) is 6.92 Å². The topological polar surface area (TPSA) is 78.5 Å². The molecule has 3 amide bonds. The highest BCUT2D eigenvalue weighted by Gasteiger charge is 2.34. The number of carbonyl (C=O) groups excluding carboxylic acids is 3. The second-order valence-electron chi connectivity index (χ2n) is 5.21. The molecule has 106 valence electrons. The van der Waals surface area contributed by atoms with Crippen molar-refractivity contribution in [1.82, 2.24) is 15.5 Å². The van der Waals surface area contributed by atoms with Gasteiger partial charge in [0.15, 0.2) is 0 Å². The predicted octanol–water partition coefficient (Wildman–Crippen LogP) is -0.218. The maximum absolute atomic E-state index is 12.0. The van der Waals surface area contributed by atoms with Crippen molar-refractivity contribution in [2.24, 2.45) is 0 Å². The van der Waals surface area contributed by atoms with Crippen LogP contribution in [-0.4, -0.2) is 47.8 Å². The van der Waals surface area contributed by atoms with Gasteiger partial charge in [0.1, 0.15) is 6.54 Å². The van der Waals surface area contributed by atoms with Gasteiger partial charge in [0.25, 0.3) is 0 Å². The van der Waals surface area contributed by atoms with Crippen LogP contribution in [0.3, 0.4) is 0 Å². The van der Waals surface area contributed by atoms with E-state index in [9.17, 15) is 14.4 Å². The van der Waals surface area contributed by atoms with Crippen LogP contribution in [0, 0.1) is 0 Å². The second-order valence-corrected chi connectivity index (χ2v) is 5.21. The Morgan fingerprint density at radius 3 is 2.68 bits per heavy atom. The van der Waals surface area contributed by atoms with E-state index in [1.165, 1.54) is 0 Å². The lowest BCUT2D eigenvalue weighted by Crippen LogP contribution is -2.60. The summed E-state index contributed by atoms with van der Waals surface area (Å²) in [7, 11) is 0. The molecule has 1 saturated heterocycles. The standard InChI is InChI=1S/C13H21N3O3/c1-2-10-13(19)16(12(18)7-14-10)8-11(17)15-9-5-3-4-6-9/h9-10,14H,2-8H2,1H3,(H,15,17). The molecule has 6 heteroatoms. The molecule has 1 aliphatic carbocycles. The molecule has 2 N–H and O–H groups in total. The van der Waals surface area contributed by atoms with E-state index in [-0.39, 0.29) is 42.9 Å². The summed E-state index contributed by atoms with van der Waals surface area (Å²) in [6, 6.07) is -0.139. The van der Waals surface area contributed by atoms with E-state index in [0.717, 1.165) is 30.6 Å². The highest BCUT2D eigenvalue weighted by atomic mass is 16.2. The first-order chi connectivity index (χ1) is 9.11. The van der Waals surface area contributed by atoms with Crippen LogP contribution in [0.2, 0.25) is 0 Å². The fourth-order valence-electron chi connectivity index (χ4n) is 2.68. The summed E-state index contributed by atoms with van der Waals surface area (Å²) in [5.74, 6) is -0.845. The van der Waals surface area contributed by atoms with E-state index < -0.39 is 0 Å². The zero-order valence-corrected chi connectivity index (χ0v) is 11.3. The maximum atomic E-state index is 12.0. The van der Waals surface area contributed by atoms with Crippen molar-refractivity contribution in [3.63, 3.8) is 0 Å². The normalized spacial score (nSPS) is 24.9. The van der Waals surface area contributed by atoms with Gasteiger partial charge >= 0.3 is 0 Å². The highest BCUT2D eigenvalue weighted by molar-refractivity contribution is 6.03. The predicted molar refractivity (Wildman–Crippen MR) is 69.2 cm³/mol. The third-order valence-corrected chi connectivity index (χ3v) is 3.80. The van der Waals surface area contributed by atoms with Gasteiger partial charge in [-0.1, -0.05) is 19.8 Å². The second kappa shape index (κ2) is 6.14. The van der Waals surface area contributed by atoms with Crippen molar-refractivity contribution in [3.05, 3.63) is 0 Å². The van der Waals surface area contributed by atoms with Crippen molar-refractivity contribution >= 4 is 17.7 Å². The Labute approximate surface area is 112 Å². The van der Waals surface area contributed by atoms with Crippen molar-refractivity contribution in [1.29, 1.82) is 0 Å². The number of carbonyl (C=O) groups is 3. The zero-order valence-electron chi connectivity index (χ0n) is 11.3. The Bertz CT molecular complexity index is 377. The first kappa shape index (κ1) is 14.0. The molecule has 1 unspecified atom stereocenters. The number of hydrogen-bond donors (Lipinski definition) is 2. The Hall–Kier alpha value is -1.43. The molecule has 0 bridgehead atoms. The minimum Gasteiger partial charge on any atom is -0.352 e. The number of imide groups is 1. The molecule has 6 nitrogen and oxygen atoms in total. The number of amides is 3. The van der Waals surface area contributed by atoms with Crippen LogP contribution < -0.4 is 10.6 Å². The molecule has 19 heavy (non-hydrogen) atoms. The Morgan fingerprint density at radius 2 is 2.05 bits per heavy atom. The first-order valence-corrected chi connectivity index (χ1v) is 6.98. The van der Waals surface area contributed by atoms with E-state index >= 15 is 0 Å². The molecule has 1 heterocycles. The summed E-state index contributed by atoms with van der Waals surface area (Å²) in [6.07, 6.45) is 4.87. The molecular formula is C13H21N3O3. The van der Waals surface area contributed by atoms with Gasteiger partial charge in [0, 0.05) is 6.04 Å². The number of rotatable bonds is 4. The molecule has 0 aromatic heterocycles. The van der Waals surface area contributed by atoms with Crippen molar-refractivity contribution in [3.8, 4) is 0 Å². The molecule has 1 saturated carbocycles. The highest BCUT2D eigenvalue weighted by Crippen LogP contribution is 2.17. The van der Waals surface area contributed by atoms with Gasteiger partial charge in [-0.2, -0.15) is 0 Å². The first-order valence-electron chi connectivity index (χ1n) is 6.98. The van der Waals surface area contributed by atoms with Gasteiger partial charge in [-0.15, -0.1) is 0 Å². The average molecular weight is 267 g/mol. The van der Waals surface area contributed by atoms with Crippen LogP contribution in [0.25, 0.3) is 0 Å². The van der Waals surface area contributed by atoms with Gasteiger partial charge in [0.2, 0.25) is 17.7 Å². The third kappa shape index (κ3) is 3.32. The smallest absolute Gasteiger partial charge is 0.246 e. The molecule has 1 atom stereocenters. The van der Waals surface area contributed by atoms with E-state index in [1.54, 1.807) is 0 Å². The quantitative estimate of drug-likeness (QED) is 0.690. The van der Waals surface area contributed by atoms with Crippen LogP contribution >= 0.6 is 0 Å². The molecular weight excluding hydrogens is 246 g/mol. The summed E-state index contributed by atoms with van der Waals surface area (Å²) < 4.78 is 0. The number of nitrogens with zero attached hydrogens (tertiary/aromatic N) is 1. The summed E-state index contributed by atoms with van der Waals surface area (Å²) >= 11 is 0. The van der Waals surface area contributed by atoms with Crippen LogP contribution in [0.5, 0.6) is 0 Å². The van der Waals surface area contributed by atoms with E-state index in [0.29, 0.717) is 6.42 Å². The molecule has 2 aliphatic rings. The lowest BCUT2D eigenvalue weighted by atomic mass is 10.1. The zero-order chi connectivity index (χ0) is 13.8. The molecule has 0 spiro atoms. The SMILES string of the molecule is CCC1NCC(=O)N(CC(=O)NC2CCCC2)C1=O. The molecule has 1 aliphatic heterocycles. The van der Waals surface area contributed by atoms with Crippen molar-refractivity contribution in [2.45, 2.75) is 51.1 Å². The van der Waals surface area contributed by atoms with Gasteiger partial charge in [-0.05, 0) is 19.3 Å². The van der Waals surface area contributed by atoms with E-state index in [2.05, 4.69) is 10.6 Å². The van der Waals surface area contributed by atoms with Gasteiger partial charge in [-0.3, -0.25) is 24.6 Å². The van der Waals surface area contributed by atoms with Crippen LogP contribution in [-0.2, 0) is 14.4 Å². The van der Waals surface area contributed by atoms with Gasteiger partial charge < -0.3 is 5.32 Å². The summed E-state index contributed by atoms with van der Waals surface area (Å²) in [5, 5.41) is 5.77.